The van der Waals surface area contributed by atoms with E-state index in [9.17, 15) is 0 Å². The largest absolute Gasteiger partial charge is 0.398 e. The Morgan fingerprint density at radius 1 is 0.286 bits per heavy atom. The van der Waals surface area contributed by atoms with Crippen LogP contribution in [0.3, 0.4) is 0 Å². The fraction of sp³-hybridized carbons (Fsp3) is 0. The molecule has 0 aliphatic carbocycles. The van der Waals surface area contributed by atoms with Gasteiger partial charge in [0, 0.05) is 44.0 Å². The highest BCUT2D eigenvalue weighted by Gasteiger charge is 2.27. The van der Waals surface area contributed by atoms with Gasteiger partial charge in [0.2, 0.25) is 0 Å². The lowest BCUT2D eigenvalue weighted by atomic mass is 9.77. The van der Waals surface area contributed by atoms with E-state index in [1.807, 2.05) is 6.07 Å². The van der Waals surface area contributed by atoms with Crippen molar-refractivity contribution in [1.29, 1.82) is 0 Å². The van der Waals surface area contributed by atoms with Gasteiger partial charge >= 0.3 is 0 Å². The highest BCUT2D eigenvalue weighted by atomic mass is 14.6. The van der Waals surface area contributed by atoms with Gasteiger partial charge in [-0.25, -0.2) is 0 Å². The standard InChI is InChI=1S/C40H28N2/c41-32-24-23-30-33(25-13-5-1-6-14-25)34(26-15-7-2-8-16-26)39-35(27-17-9-3-10-18-27)36(28-19-11-4-12-20-28)40(42)31-22-21-29(32)37(30)38(31)39/h1-24H,41-42H2. The van der Waals surface area contributed by atoms with Gasteiger partial charge in [0.05, 0.1) is 0 Å². The predicted octanol–water partition coefficient (Wildman–Crippen LogP) is 10.4. The van der Waals surface area contributed by atoms with Gasteiger partial charge in [-0.05, 0) is 50.2 Å². The van der Waals surface area contributed by atoms with E-state index in [-0.39, 0.29) is 0 Å². The predicted molar refractivity (Wildman–Crippen MR) is 181 cm³/mol. The molecule has 0 amide bonds. The minimum absolute atomic E-state index is 0.768. The van der Waals surface area contributed by atoms with Crippen molar-refractivity contribution in [3.05, 3.63) is 146 Å². The van der Waals surface area contributed by atoms with Crippen LogP contribution in [0, 0.1) is 0 Å². The Morgan fingerprint density at radius 2 is 0.690 bits per heavy atom. The molecule has 8 aromatic rings. The average molecular weight is 537 g/mol. The van der Waals surface area contributed by atoms with E-state index in [1.54, 1.807) is 0 Å². The molecule has 0 atom stereocenters. The first-order valence-corrected chi connectivity index (χ1v) is 14.3. The maximum Gasteiger partial charge on any atom is 0.0480 e. The molecule has 0 aliphatic rings. The summed E-state index contributed by atoms with van der Waals surface area (Å²) in [5.74, 6) is 0. The fourth-order valence-corrected chi connectivity index (χ4v) is 6.79. The summed E-state index contributed by atoms with van der Waals surface area (Å²) in [6.07, 6.45) is 0. The Hall–Kier alpha value is -5.60. The molecule has 0 radical (unpaired) electrons. The van der Waals surface area contributed by atoms with Crippen molar-refractivity contribution in [2.24, 2.45) is 0 Å². The molecule has 4 N–H and O–H groups in total. The van der Waals surface area contributed by atoms with Crippen LogP contribution in [0.1, 0.15) is 0 Å². The van der Waals surface area contributed by atoms with Crippen LogP contribution in [0.2, 0.25) is 0 Å². The van der Waals surface area contributed by atoms with E-state index in [2.05, 4.69) is 140 Å². The Labute approximate surface area is 244 Å². The lowest BCUT2D eigenvalue weighted by Crippen LogP contribution is -2.02. The normalized spacial score (nSPS) is 11.5. The zero-order chi connectivity index (χ0) is 28.2. The summed E-state index contributed by atoms with van der Waals surface area (Å²) in [5.41, 5.74) is 24.6. The molecule has 8 rings (SSSR count). The van der Waals surface area contributed by atoms with E-state index >= 15 is 0 Å². The van der Waals surface area contributed by atoms with Crippen LogP contribution >= 0.6 is 0 Å². The van der Waals surface area contributed by atoms with Gasteiger partial charge in [0.25, 0.3) is 0 Å². The van der Waals surface area contributed by atoms with E-state index in [4.69, 9.17) is 11.5 Å². The lowest BCUT2D eigenvalue weighted by molar-refractivity contribution is 1.60. The number of anilines is 2. The summed E-state index contributed by atoms with van der Waals surface area (Å²) in [5, 5.41) is 6.77. The number of hydrogen-bond donors (Lipinski definition) is 2. The summed E-state index contributed by atoms with van der Waals surface area (Å²) in [7, 11) is 0. The maximum absolute atomic E-state index is 7.24. The van der Waals surface area contributed by atoms with E-state index < -0.39 is 0 Å². The highest BCUT2D eigenvalue weighted by molar-refractivity contribution is 6.37. The van der Waals surface area contributed by atoms with E-state index in [0.717, 1.165) is 60.7 Å². The smallest absolute Gasteiger partial charge is 0.0480 e. The number of nitrogen functional groups attached to an aromatic ring is 2. The van der Waals surface area contributed by atoms with Gasteiger partial charge in [-0.15, -0.1) is 0 Å². The molecule has 0 aliphatic heterocycles. The van der Waals surface area contributed by atoms with Crippen molar-refractivity contribution in [3.8, 4) is 44.5 Å². The second-order valence-corrected chi connectivity index (χ2v) is 10.9. The van der Waals surface area contributed by atoms with Crippen LogP contribution in [0.25, 0.3) is 76.8 Å². The third-order valence-corrected chi connectivity index (χ3v) is 8.54. The Morgan fingerprint density at radius 3 is 1.21 bits per heavy atom. The summed E-state index contributed by atoms with van der Waals surface area (Å²) < 4.78 is 0. The first kappa shape index (κ1) is 24.2. The van der Waals surface area contributed by atoms with Crippen LogP contribution in [-0.4, -0.2) is 0 Å². The van der Waals surface area contributed by atoms with Gasteiger partial charge in [0.15, 0.2) is 0 Å². The molecule has 0 saturated carbocycles. The van der Waals surface area contributed by atoms with Crippen LogP contribution in [0.15, 0.2) is 146 Å². The number of nitrogens with two attached hydrogens (primary N) is 2. The Kier molecular flexibility index (Phi) is 5.48. The minimum Gasteiger partial charge on any atom is -0.398 e. The van der Waals surface area contributed by atoms with Crippen molar-refractivity contribution in [1.82, 2.24) is 0 Å². The average Bonchev–Trinajstić information content (AvgIpc) is 3.06. The van der Waals surface area contributed by atoms with Crippen molar-refractivity contribution in [2.45, 2.75) is 0 Å². The number of benzene rings is 8. The van der Waals surface area contributed by atoms with Crippen LogP contribution in [0.5, 0.6) is 0 Å². The van der Waals surface area contributed by atoms with E-state index in [0.29, 0.717) is 0 Å². The first-order valence-electron chi connectivity index (χ1n) is 14.3. The molecule has 0 unspecified atom stereocenters. The zero-order valence-corrected chi connectivity index (χ0v) is 23.0. The second-order valence-electron chi connectivity index (χ2n) is 10.9. The summed E-state index contributed by atoms with van der Waals surface area (Å²) in [6.45, 7) is 0. The van der Waals surface area contributed by atoms with Crippen LogP contribution in [-0.2, 0) is 0 Å². The molecule has 0 saturated heterocycles. The molecule has 2 heteroatoms. The molecule has 0 bridgehead atoms. The van der Waals surface area contributed by atoms with Crippen molar-refractivity contribution in [3.63, 3.8) is 0 Å². The van der Waals surface area contributed by atoms with Gasteiger partial charge in [-0.3, -0.25) is 0 Å². The zero-order valence-electron chi connectivity index (χ0n) is 23.0. The van der Waals surface area contributed by atoms with Crippen LogP contribution in [0.4, 0.5) is 11.4 Å². The third kappa shape index (κ3) is 3.52. The molecule has 8 aromatic carbocycles. The summed E-state index contributed by atoms with van der Waals surface area (Å²) in [6, 6.07) is 51.3. The lowest BCUT2D eigenvalue weighted by Gasteiger charge is -2.26. The molecule has 0 fully saturated rings. The Bertz CT molecular complexity index is 2220. The van der Waals surface area contributed by atoms with Gasteiger partial charge in [0.1, 0.15) is 0 Å². The molecule has 0 spiro atoms. The van der Waals surface area contributed by atoms with E-state index in [1.165, 1.54) is 27.5 Å². The van der Waals surface area contributed by atoms with Gasteiger partial charge in [-0.1, -0.05) is 140 Å². The molecule has 0 heterocycles. The second kappa shape index (κ2) is 9.50. The van der Waals surface area contributed by atoms with Crippen molar-refractivity contribution >= 4 is 43.7 Å². The maximum atomic E-state index is 7.24. The third-order valence-electron chi connectivity index (χ3n) is 8.54. The highest BCUT2D eigenvalue weighted by Crippen LogP contribution is 2.55. The molecule has 42 heavy (non-hydrogen) atoms. The van der Waals surface area contributed by atoms with Crippen molar-refractivity contribution in [2.75, 3.05) is 11.5 Å². The quantitative estimate of drug-likeness (QED) is 0.174. The molecular weight excluding hydrogens is 508 g/mol. The number of rotatable bonds is 4. The Balaban J connectivity index is 1.76. The molecular formula is C40H28N2. The van der Waals surface area contributed by atoms with Gasteiger partial charge < -0.3 is 11.5 Å². The molecule has 198 valence electrons. The summed E-state index contributed by atoms with van der Waals surface area (Å²) in [4.78, 5) is 0. The molecule has 2 nitrogen and oxygen atoms in total. The fourth-order valence-electron chi connectivity index (χ4n) is 6.79. The van der Waals surface area contributed by atoms with Crippen molar-refractivity contribution < 1.29 is 0 Å². The van der Waals surface area contributed by atoms with Gasteiger partial charge in [-0.2, -0.15) is 0 Å². The number of hydrogen-bond acceptors (Lipinski definition) is 2. The monoisotopic (exact) mass is 536 g/mol. The topological polar surface area (TPSA) is 52.0 Å². The first-order chi connectivity index (χ1) is 20.7. The molecule has 0 aromatic heterocycles. The SMILES string of the molecule is Nc1ccc2c(-c3ccccc3)c(-c3ccccc3)c3c(-c4ccccc4)c(-c4ccccc4)c(N)c4ccc1c2c43. The van der Waals surface area contributed by atoms with Crippen LogP contribution < -0.4 is 11.5 Å². The summed E-state index contributed by atoms with van der Waals surface area (Å²) >= 11 is 0. The minimum atomic E-state index is 0.768.